The van der Waals surface area contributed by atoms with E-state index in [4.69, 9.17) is 14.2 Å². The highest BCUT2D eigenvalue weighted by Gasteiger charge is 2.49. The number of carboxylic acid groups (broad SMARTS) is 1. The van der Waals surface area contributed by atoms with Gasteiger partial charge in [-0.3, -0.25) is 9.78 Å². The first-order valence-electron chi connectivity index (χ1n) is 17.1. The Morgan fingerprint density at radius 2 is 1.68 bits per heavy atom. The van der Waals surface area contributed by atoms with E-state index in [1.165, 1.54) is 7.11 Å². The molecule has 0 aliphatic carbocycles. The number of aliphatic hydroxyl groups is 1. The molecule has 1 aromatic heterocycles. The lowest BCUT2D eigenvalue weighted by Crippen LogP contribution is -2.59. The molecule has 2 aliphatic heterocycles. The van der Waals surface area contributed by atoms with Gasteiger partial charge in [0.15, 0.2) is 6.29 Å². The Balaban J connectivity index is 1.56. The molecule has 8 atom stereocenters. The van der Waals surface area contributed by atoms with Crippen molar-refractivity contribution in [2.45, 2.75) is 76.5 Å². The van der Waals surface area contributed by atoms with Crippen molar-refractivity contribution >= 4 is 18.1 Å². The second-order valence-corrected chi connectivity index (χ2v) is 14.2. The van der Waals surface area contributed by atoms with Crippen molar-refractivity contribution in [2.24, 2.45) is 17.3 Å². The molecule has 50 heavy (non-hydrogen) atoms. The number of methoxy groups -OCH3 is 1. The Hall–Kier alpha value is -4.52. The van der Waals surface area contributed by atoms with E-state index in [9.17, 15) is 24.6 Å². The maximum Gasteiger partial charge on any atom is 0.407 e. The summed E-state index contributed by atoms with van der Waals surface area (Å²) in [5.41, 5.74) is 2.73. The molecule has 2 fully saturated rings. The molecule has 0 radical (unpaired) electrons. The van der Waals surface area contributed by atoms with Crippen LogP contribution in [0.3, 0.4) is 0 Å². The van der Waals surface area contributed by atoms with E-state index in [-0.39, 0.29) is 18.3 Å². The molecule has 3 amide bonds. The van der Waals surface area contributed by atoms with Crippen molar-refractivity contribution in [1.29, 1.82) is 0 Å². The summed E-state index contributed by atoms with van der Waals surface area (Å²) in [6, 6.07) is 20.4. The molecule has 2 aliphatic rings. The fourth-order valence-corrected chi connectivity index (χ4v) is 7.23. The van der Waals surface area contributed by atoms with Gasteiger partial charge >= 0.3 is 12.2 Å². The minimum atomic E-state index is -1.22. The van der Waals surface area contributed by atoms with Gasteiger partial charge in [0.1, 0.15) is 6.04 Å². The second-order valence-electron chi connectivity index (χ2n) is 14.2. The van der Waals surface area contributed by atoms with E-state index in [1.807, 2.05) is 93.6 Å². The van der Waals surface area contributed by atoms with Crippen LogP contribution in [0.2, 0.25) is 0 Å². The standard InChI is InChI=1S/C38H48N4O8/c1-38(2,3)33(42-37(47)48-4)34(44)41-32(30(43)21-26(40-36(45)46)20-23-10-6-5-7-11-23)31(28-22-50-35-27(28)17-19-49-35)25-15-13-24(14-16-25)29-12-8-9-18-39-29/h5-16,18,26-28,30-33,35,40,43H,17,19-22H2,1-4H3,(H,41,44)(H,42,47)(H,45,46)/t26-,27-,28-,30-,31?,32+,33+,35+/m0/s1. The third-order valence-electron chi connectivity index (χ3n) is 9.67. The van der Waals surface area contributed by atoms with E-state index in [1.54, 1.807) is 6.20 Å². The summed E-state index contributed by atoms with van der Waals surface area (Å²) >= 11 is 0. The predicted molar refractivity (Wildman–Crippen MR) is 186 cm³/mol. The molecule has 12 nitrogen and oxygen atoms in total. The van der Waals surface area contributed by atoms with E-state index < -0.39 is 59.9 Å². The van der Waals surface area contributed by atoms with Gasteiger partial charge in [-0.1, -0.05) is 81.4 Å². The highest BCUT2D eigenvalue weighted by atomic mass is 16.7. The smallest absolute Gasteiger partial charge is 0.407 e. The minimum Gasteiger partial charge on any atom is -0.465 e. The molecule has 0 saturated carbocycles. The molecular weight excluding hydrogens is 640 g/mol. The summed E-state index contributed by atoms with van der Waals surface area (Å²) in [5, 5.41) is 30.4. The summed E-state index contributed by atoms with van der Waals surface area (Å²) < 4.78 is 16.8. The number of benzene rings is 2. The summed E-state index contributed by atoms with van der Waals surface area (Å²) in [6.45, 7) is 6.35. The average Bonchev–Trinajstić information content (AvgIpc) is 3.72. The van der Waals surface area contributed by atoms with Crippen molar-refractivity contribution < 1.29 is 38.8 Å². The fourth-order valence-electron chi connectivity index (χ4n) is 7.23. The summed E-state index contributed by atoms with van der Waals surface area (Å²) in [5.74, 6) is -1.15. The summed E-state index contributed by atoms with van der Waals surface area (Å²) in [7, 11) is 1.23. The lowest BCUT2D eigenvalue weighted by molar-refractivity contribution is -0.127. The summed E-state index contributed by atoms with van der Waals surface area (Å²) in [6.07, 6.45) is -0.791. The van der Waals surface area contributed by atoms with Gasteiger partial charge in [-0.25, -0.2) is 9.59 Å². The minimum absolute atomic E-state index is 0.00253. The van der Waals surface area contributed by atoms with E-state index in [0.29, 0.717) is 19.6 Å². The third kappa shape index (κ3) is 9.17. The van der Waals surface area contributed by atoms with Crippen LogP contribution in [0.25, 0.3) is 11.3 Å². The number of carbonyl (C=O) groups is 3. The van der Waals surface area contributed by atoms with Crippen molar-refractivity contribution in [2.75, 3.05) is 20.3 Å². The molecule has 5 rings (SSSR count). The van der Waals surface area contributed by atoms with Gasteiger partial charge in [-0.2, -0.15) is 0 Å². The van der Waals surface area contributed by atoms with Crippen LogP contribution in [0.5, 0.6) is 0 Å². The number of aromatic nitrogens is 1. The van der Waals surface area contributed by atoms with Crippen LogP contribution in [0.4, 0.5) is 9.59 Å². The number of pyridine rings is 1. The Labute approximate surface area is 292 Å². The van der Waals surface area contributed by atoms with Gasteiger partial charge in [-0.05, 0) is 53.9 Å². The summed E-state index contributed by atoms with van der Waals surface area (Å²) in [4.78, 5) is 43.1. The first-order chi connectivity index (χ1) is 23.9. The molecule has 2 saturated heterocycles. The number of fused-ring (bicyclic) bond motifs is 1. The topological polar surface area (TPSA) is 168 Å². The highest BCUT2D eigenvalue weighted by molar-refractivity contribution is 5.86. The zero-order chi connectivity index (χ0) is 35.8. The monoisotopic (exact) mass is 688 g/mol. The molecule has 2 aromatic carbocycles. The molecule has 0 spiro atoms. The SMILES string of the molecule is COC(=O)N[C@H](C(=O)N[C@@H](C(c1ccc(-c2ccccn2)cc1)[C@H]1CO[C@H]2OCC[C@H]21)[C@@H](O)C[C@H](Cc1ccccc1)NC(=O)O)C(C)(C)C. The lowest BCUT2D eigenvalue weighted by atomic mass is 9.72. The average molecular weight is 689 g/mol. The van der Waals surface area contributed by atoms with Crippen LogP contribution in [0, 0.1) is 17.3 Å². The van der Waals surface area contributed by atoms with Crippen LogP contribution in [0.1, 0.15) is 50.7 Å². The maximum absolute atomic E-state index is 14.3. The van der Waals surface area contributed by atoms with E-state index in [0.717, 1.165) is 28.8 Å². The zero-order valence-electron chi connectivity index (χ0n) is 29.0. The Kier molecular flexibility index (Phi) is 12.1. The lowest BCUT2D eigenvalue weighted by Gasteiger charge is -2.40. The van der Waals surface area contributed by atoms with Gasteiger partial charge in [-0.15, -0.1) is 0 Å². The van der Waals surface area contributed by atoms with E-state index in [2.05, 4.69) is 20.9 Å². The number of nitrogens with zero attached hydrogens (tertiary/aromatic N) is 1. The highest BCUT2D eigenvalue weighted by Crippen LogP contribution is 2.45. The molecule has 0 bridgehead atoms. The van der Waals surface area contributed by atoms with Gasteiger partial charge in [0.25, 0.3) is 0 Å². The van der Waals surface area contributed by atoms with Crippen molar-refractivity contribution in [3.8, 4) is 11.3 Å². The van der Waals surface area contributed by atoms with Crippen LogP contribution in [0.15, 0.2) is 79.0 Å². The Morgan fingerprint density at radius 3 is 2.32 bits per heavy atom. The number of rotatable bonds is 13. The number of amides is 3. The first-order valence-corrected chi connectivity index (χ1v) is 17.1. The van der Waals surface area contributed by atoms with Crippen LogP contribution < -0.4 is 16.0 Å². The van der Waals surface area contributed by atoms with Crippen molar-refractivity contribution in [3.63, 3.8) is 0 Å². The Bertz CT molecular complexity index is 1570. The number of alkyl carbamates (subject to hydrolysis) is 1. The molecular formula is C38H48N4O8. The quantitative estimate of drug-likeness (QED) is 0.171. The molecule has 3 heterocycles. The van der Waals surface area contributed by atoms with Gasteiger partial charge < -0.3 is 40.4 Å². The van der Waals surface area contributed by atoms with Crippen LogP contribution >= 0.6 is 0 Å². The zero-order valence-corrected chi connectivity index (χ0v) is 29.0. The molecule has 3 aromatic rings. The number of ether oxygens (including phenoxy) is 3. The molecule has 5 N–H and O–H groups in total. The molecule has 12 heteroatoms. The van der Waals surface area contributed by atoms with Crippen LogP contribution in [-0.2, 0) is 25.4 Å². The number of hydrogen-bond donors (Lipinski definition) is 5. The van der Waals surface area contributed by atoms with Gasteiger partial charge in [0.05, 0.1) is 38.2 Å². The number of carbonyl (C=O) groups excluding carboxylic acids is 2. The molecule has 1 unspecified atom stereocenters. The predicted octanol–water partition coefficient (Wildman–Crippen LogP) is 4.73. The van der Waals surface area contributed by atoms with Crippen molar-refractivity contribution in [3.05, 3.63) is 90.1 Å². The first kappa shape index (κ1) is 36.8. The number of aliphatic hydroxyl groups excluding tert-OH is 1. The normalized spacial score (nSPS) is 21.6. The number of nitrogens with one attached hydrogen (secondary N) is 3. The van der Waals surface area contributed by atoms with Crippen LogP contribution in [-0.4, -0.2) is 84.1 Å². The van der Waals surface area contributed by atoms with Gasteiger partial charge in [0.2, 0.25) is 5.91 Å². The van der Waals surface area contributed by atoms with Crippen molar-refractivity contribution in [1.82, 2.24) is 20.9 Å². The second kappa shape index (κ2) is 16.5. The van der Waals surface area contributed by atoms with Gasteiger partial charge in [0, 0.05) is 29.6 Å². The molecule has 268 valence electrons. The third-order valence-corrected chi connectivity index (χ3v) is 9.67. The van der Waals surface area contributed by atoms with E-state index >= 15 is 0 Å². The fraction of sp³-hybridized carbons (Fsp3) is 0.474. The Morgan fingerprint density at radius 1 is 0.960 bits per heavy atom. The maximum atomic E-state index is 14.3. The largest absolute Gasteiger partial charge is 0.465 e. The number of hydrogen-bond acceptors (Lipinski definition) is 8.